The lowest BCUT2D eigenvalue weighted by molar-refractivity contribution is 0.0637. The van der Waals surface area contributed by atoms with Gasteiger partial charge in [-0.05, 0) is 6.42 Å². The largest absolute Gasteiger partial charge is 0.378 e. The van der Waals surface area contributed by atoms with E-state index in [2.05, 4.69) is 23.8 Å². The Morgan fingerprint density at radius 1 is 1.36 bits per heavy atom. The summed E-state index contributed by atoms with van der Waals surface area (Å²) in [6.45, 7) is 5.75. The topological polar surface area (TPSA) is 12.5 Å². The third-order valence-corrected chi connectivity index (χ3v) is 1.62. The second-order valence-electron chi connectivity index (χ2n) is 2.64. The highest BCUT2D eigenvalue weighted by Gasteiger charge is 2.04. The van der Waals surface area contributed by atoms with Crippen molar-refractivity contribution < 1.29 is 4.74 Å². The Balaban J connectivity index is 2.19. The van der Waals surface area contributed by atoms with E-state index in [1.165, 1.54) is 0 Å². The average molecular weight is 153 g/mol. The normalized spacial score (nSPS) is 17.4. The molecular weight excluding hydrogens is 138 g/mol. The summed E-state index contributed by atoms with van der Waals surface area (Å²) in [6.07, 6.45) is 2.16. The van der Waals surface area contributed by atoms with Crippen LogP contribution in [0.5, 0.6) is 0 Å². The molecule has 0 bridgehead atoms. The Kier molecular flexibility index (Phi) is 3.85. The monoisotopic (exact) mass is 153 g/mol. The third-order valence-electron chi connectivity index (χ3n) is 1.62. The lowest BCUT2D eigenvalue weighted by atomic mass is 10.3. The highest BCUT2D eigenvalue weighted by Crippen LogP contribution is 1.94. The highest BCUT2D eigenvalue weighted by atomic mass is 16.5. The molecular formula is C9H15NO. The molecule has 1 rings (SSSR count). The standard InChI is InChI=1S/C9H15NO/c1-2-3-4-5-10-6-8-11-9-7-10/h2-3,6-9H2,1H3. The molecule has 62 valence electrons. The number of hydrogen-bond donors (Lipinski definition) is 0. The molecule has 1 aliphatic rings. The molecule has 0 aliphatic carbocycles. The maximum atomic E-state index is 5.20. The molecule has 1 aliphatic heterocycles. The van der Waals surface area contributed by atoms with Gasteiger partial charge in [-0.2, -0.15) is 0 Å². The first-order chi connectivity index (χ1) is 5.43. The highest BCUT2D eigenvalue weighted by molar-refractivity contribution is 4.98. The molecule has 0 amide bonds. The number of rotatable bonds is 1. The number of unbranched alkanes of at least 4 members (excludes halogenated alkanes) is 1. The van der Waals surface area contributed by atoms with Crippen molar-refractivity contribution in [3.8, 4) is 12.0 Å². The zero-order chi connectivity index (χ0) is 7.94. The Bertz CT molecular complexity index is 151. The number of nitrogens with zero attached hydrogens (tertiary/aromatic N) is 1. The molecule has 0 spiro atoms. The van der Waals surface area contributed by atoms with Gasteiger partial charge >= 0.3 is 0 Å². The van der Waals surface area contributed by atoms with Crippen LogP contribution in [0, 0.1) is 12.0 Å². The van der Waals surface area contributed by atoms with Gasteiger partial charge in [0.25, 0.3) is 0 Å². The van der Waals surface area contributed by atoms with Crippen molar-refractivity contribution >= 4 is 0 Å². The minimum Gasteiger partial charge on any atom is -0.378 e. The van der Waals surface area contributed by atoms with Gasteiger partial charge < -0.3 is 9.64 Å². The summed E-state index contributed by atoms with van der Waals surface area (Å²) in [5, 5.41) is 0. The van der Waals surface area contributed by atoms with Gasteiger partial charge in [-0.1, -0.05) is 12.8 Å². The Morgan fingerprint density at radius 3 is 2.73 bits per heavy atom. The van der Waals surface area contributed by atoms with Gasteiger partial charge in [0.15, 0.2) is 0 Å². The third kappa shape index (κ3) is 3.29. The lowest BCUT2D eigenvalue weighted by Crippen LogP contribution is -2.32. The van der Waals surface area contributed by atoms with Crippen molar-refractivity contribution in [2.45, 2.75) is 19.8 Å². The molecule has 0 unspecified atom stereocenters. The average Bonchev–Trinajstić information content (AvgIpc) is 2.07. The fourth-order valence-electron chi connectivity index (χ4n) is 0.968. The number of morpholine rings is 1. The van der Waals surface area contributed by atoms with Gasteiger partial charge in [0.05, 0.1) is 13.2 Å². The van der Waals surface area contributed by atoms with Crippen LogP contribution in [0.15, 0.2) is 0 Å². The minimum atomic E-state index is 0.834. The maximum absolute atomic E-state index is 5.20. The number of hydrogen-bond acceptors (Lipinski definition) is 2. The SMILES string of the molecule is CCCC#CN1CCOCC1. The molecule has 0 aromatic carbocycles. The first kappa shape index (κ1) is 8.42. The molecule has 0 radical (unpaired) electrons. The van der Waals surface area contributed by atoms with Crippen LogP contribution in [-0.2, 0) is 4.74 Å². The predicted octanol–water partition coefficient (Wildman–Crippen LogP) is 1.08. The van der Waals surface area contributed by atoms with E-state index >= 15 is 0 Å². The molecule has 0 N–H and O–H groups in total. The summed E-state index contributed by atoms with van der Waals surface area (Å²) in [7, 11) is 0. The molecule has 0 atom stereocenters. The molecule has 0 saturated carbocycles. The summed E-state index contributed by atoms with van der Waals surface area (Å²) < 4.78 is 5.20. The molecule has 0 aromatic heterocycles. The van der Waals surface area contributed by atoms with E-state index in [1.54, 1.807) is 0 Å². The first-order valence-electron chi connectivity index (χ1n) is 4.24. The van der Waals surface area contributed by atoms with Gasteiger partial charge in [-0.25, -0.2) is 0 Å². The van der Waals surface area contributed by atoms with E-state index in [9.17, 15) is 0 Å². The Morgan fingerprint density at radius 2 is 2.09 bits per heavy atom. The molecule has 11 heavy (non-hydrogen) atoms. The van der Waals surface area contributed by atoms with E-state index in [0.29, 0.717) is 0 Å². The van der Waals surface area contributed by atoms with Crippen LogP contribution in [0.2, 0.25) is 0 Å². The summed E-state index contributed by atoms with van der Waals surface area (Å²) in [6, 6.07) is 3.13. The summed E-state index contributed by atoms with van der Waals surface area (Å²) >= 11 is 0. The molecule has 2 nitrogen and oxygen atoms in total. The van der Waals surface area contributed by atoms with E-state index in [-0.39, 0.29) is 0 Å². The fraction of sp³-hybridized carbons (Fsp3) is 0.778. The van der Waals surface area contributed by atoms with Crippen molar-refractivity contribution in [2.75, 3.05) is 26.3 Å². The molecule has 0 aromatic rings. The van der Waals surface area contributed by atoms with Crippen molar-refractivity contribution in [1.82, 2.24) is 4.90 Å². The maximum Gasteiger partial charge on any atom is 0.0649 e. The van der Waals surface area contributed by atoms with Crippen molar-refractivity contribution in [1.29, 1.82) is 0 Å². The van der Waals surface area contributed by atoms with Crippen LogP contribution in [0.25, 0.3) is 0 Å². The first-order valence-corrected chi connectivity index (χ1v) is 4.24. The summed E-state index contributed by atoms with van der Waals surface area (Å²) in [5.74, 6) is 3.13. The Hall–Kier alpha value is -0.680. The summed E-state index contributed by atoms with van der Waals surface area (Å²) in [4.78, 5) is 2.14. The molecule has 1 heterocycles. The Labute approximate surface area is 68.5 Å². The van der Waals surface area contributed by atoms with Gasteiger partial charge in [0.2, 0.25) is 0 Å². The minimum absolute atomic E-state index is 0.834. The number of ether oxygens (including phenoxy) is 1. The second-order valence-corrected chi connectivity index (χ2v) is 2.64. The lowest BCUT2D eigenvalue weighted by Gasteiger charge is -2.22. The van der Waals surface area contributed by atoms with Crippen LogP contribution in [-0.4, -0.2) is 31.2 Å². The van der Waals surface area contributed by atoms with Gasteiger partial charge in [-0.3, -0.25) is 0 Å². The molecule has 2 heteroatoms. The zero-order valence-electron chi connectivity index (χ0n) is 7.10. The molecule has 1 fully saturated rings. The van der Waals surface area contributed by atoms with E-state index in [1.807, 2.05) is 0 Å². The van der Waals surface area contributed by atoms with Gasteiger partial charge in [0, 0.05) is 25.6 Å². The van der Waals surface area contributed by atoms with Crippen LogP contribution < -0.4 is 0 Å². The van der Waals surface area contributed by atoms with Crippen LogP contribution >= 0.6 is 0 Å². The zero-order valence-corrected chi connectivity index (χ0v) is 7.10. The van der Waals surface area contributed by atoms with Crippen molar-refractivity contribution in [3.63, 3.8) is 0 Å². The van der Waals surface area contributed by atoms with Crippen molar-refractivity contribution in [3.05, 3.63) is 0 Å². The van der Waals surface area contributed by atoms with Crippen LogP contribution in [0.1, 0.15) is 19.8 Å². The van der Waals surface area contributed by atoms with Crippen LogP contribution in [0.3, 0.4) is 0 Å². The fourth-order valence-corrected chi connectivity index (χ4v) is 0.968. The van der Waals surface area contributed by atoms with Gasteiger partial charge in [-0.15, -0.1) is 0 Å². The quantitative estimate of drug-likeness (QED) is 0.523. The molecule has 1 saturated heterocycles. The van der Waals surface area contributed by atoms with Gasteiger partial charge in [0.1, 0.15) is 0 Å². The summed E-state index contributed by atoms with van der Waals surface area (Å²) in [5.41, 5.74) is 0. The smallest absolute Gasteiger partial charge is 0.0649 e. The van der Waals surface area contributed by atoms with E-state index < -0.39 is 0 Å². The second kappa shape index (κ2) is 5.03. The van der Waals surface area contributed by atoms with Crippen molar-refractivity contribution in [2.24, 2.45) is 0 Å². The van der Waals surface area contributed by atoms with E-state index in [0.717, 1.165) is 39.1 Å². The van der Waals surface area contributed by atoms with E-state index in [4.69, 9.17) is 4.74 Å². The predicted molar refractivity (Wildman–Crippen MR) is 45.1 cm³/mol. The van der Waals surface area contributed by atoms with Crippen LogP contribution in [0.4, 0.5) is 0 Å².